The third-order valence-corrected chi connectivity index (χ3v) is 6.81. The van der Waals surface area contributed by atoms with E-state index in [9.17, 15) is 5.11 Å². The van der Waals surface area contributed by atoms with Gasteiger partial charge in [-0.3, -0.25) is 0 Å². The number of benzene rings is 3. The first-order valence-corrected chi connectivity index (χ1v) is 12.5. The first-order chi connectivity index (χ1) is 16.2. The fraction of sp³-hybridized carbons (Fsp3) is 0.400. The highest BCUT2D eigenvalue weighted by atomic mass is 16.5. The molecule has 174 valence electrons. The molecule has 33 heavy (non-hydrogen) atoms. The summed E-state index contributed by atoms with van der Waals surface area (Å²) in [5.41, 5.74) is 2.24. The molecule has 3 heteroatoms. The minimum atomic E-state index is -1.04. The topological polar surface area (TPSA) is 32.7 Å². The van der Waals surface area contributed by atoms with Gasteiger partial charge in [-0.05, 0) is 61.2 Å². The summed E-state index contributed by atoms with van der Waals surface area (Å²) in [7, 11) is 0. The number of hydrogen-bond donors (Lipinski definition) is 1. The fourth-order valence-electron chi connectivity index (χ4n) is 5.01. The lowest BCUT2D eigenvalue weighted by molar-refractivity contribution is -0.00677. The van der Waals surface area contributed by atoms with E-state index >= 15 is 0 Å². The third kappa shape index (κ3) is 6.04. The molecule has 0 bridgehead atoms. The lowest BCUT2D eigenvalue weighted by Crippen LogP contribution is -2.44. The van der Waals surface area contributed by atoms with E-state index in [0.717, 1.165) is 42.9 Å². The lowest BCUT2D eigenvalue weighted by atomic mass is 9.73. The predicted octanol–water partition coefficient (Wildman–Crippen LogP) is 6.18. The van der Waals surface area contributed by atoms with E-state index < -0.39 is 5.60 Å². The molecular formula is C30H37NO2. The van der Waals surface area contributed by atoms with Crippen molar-refractivity contribution in [2.45, 2.75) is 50.5 Å². The summed E-state index contributed by atoms with van der Waals surface area (Å²) >= 11 is 0. The molecule has 0 radical (unpaired) electrons. The summed E-state index contributed by atoms with van der Waals surface area (Å²) in [6.45, 7) is 5.87. The Labute approximate surface area is 199 Å². The number of aliphatic hydroxyl groups is 1. The minimum absolute atomic E-state index is 0.0422. The molecule has 1 aliphatic heterocycles. The van der Waals surface area contributed by atoms with Crippen molar-refractivity contribution in [3.63, 3.8) is 0 Å². The average Bonchev–Trinajstić information content (AvgIpc) is 2.88. The van der Waals surface area contributed by atoms with Crippen LogP contribution in [0.3, 0.4) is 0 Å². The zero-order valence-electron chi connectivity index (χ0n) is 19.8. The minimum Gasteiger partial charge on any atom is -0.494 e. The molecule has 4 rings (SSSR count). The van der Waals surface area contributed by atoms with Crippen molar-refractivity contribution in [2.75, 3.05) is 26.2 Å². The van der Waals surface area contributed by atoms with Crippen molar-refractivity contribution in [1.82, 2.24) is 4.90 Å². The number of hydrogen-bond acceptors (Lipinski definition) is 3. The molecule has 3 aromatic carbocycles. The highest BCUT2D eigenvalue weighted by Crippen LogP contribution is 2.41. The van der Waals surface area contributed by atoms with E-state index in [1.807, 2.05) is 18.2 Å². The monoisotopic (exact) mass is 443 g/mol. The summed E-state index contributed by atoms with van der Waals surface area (Å²) in [4.78, 5) is 2.54. The molecule has 1 saturated heterocycles. The molecule has 0 saturated carbocycles. The van der Waals surface area contributed by atoms with E-state index in [4.69, 9.17) is 4.74 Å². The Balaban J connectivity index is 1.74. The summed E-state index contributed by atoms with van der Waals surface area (Å²) in [5.74, 6) is 0.814. The molecule has 2 atom stereocenters. The van der Waals surface area contributed by atoms with Gasteiger partial charge in [0.2, 0.25) is 0 Å². The van der Waals surface area contributed by atoms with Crippen molar-refractivity contribution < 1.29 is 9.84 Å². The summed E-state index contributed by atoms with van der Waals surface area (Å²) < 4.78 is 5.82. The second-order valence-corrected chi connectivity index (χ2v) is 9.28. The smallest absolute Gasteiger partial charge is 0.119 e. The van der Waals surface area contributed by atoms with Crippen LogP contribution in [0.2, 0.25) is 0 Å². The van der Waals surface area contributed by atoms with Crippen molar-refractivity contribution >= 4 is 0 Å². The highest BCUT2D eigenvalue weighted by molar-refractivity contribution is 5.37. The van der Waals surface area contributed by atoms with Crippen LogP contribution in [0.15, 0.2) is 84.9 Å². The molecule has 0 amide bonds. The predicted molar refractivity (Wildman–Crippen MR) is 136 cm³/mol. The standard InChI is InChI=1S/C30H37NO2/c1-2-22-33-28-18-16-27(17-19-28)30(32,23-25-12-6-3-7-13-25)29(26-14-8-4-9-15-26)24-31-20-10-5-11-21-31/h3-4,6-9,12-19,29,32H,2,5,10-11,20-24H2,1H3/t29-,30-/m0/s1. The number of likely N-dealkylation sites (tertiary alicyclic amines) is 1. The molecular weight excluding hydrogens is 406 g/mol. The Hall–Kier alpha value is -2.62. The molecule has 0 unspecified atom stereocenters. The maximum absolute atomic E-state index is 12.6. The van der Waals surface area contributed by atoms with E-state index in [-0.39, 0.29) is 5.92 Å². The zero-order chi connectivity index (χ0) is 22.9. The van der Waals surface area contributed by atoms with Crippen molar-refractivity contribution in [1.29, 1.82) is 0 Å². The van der Waals surface area contributed by atoms with Gasteiger partial charge >= 0.3 is 0 Å². The van der Waals surface area contributed by atoms with Gasteiger partial charge in [0.1, 0.15) is 11.4 Å². The summed E-state index contributed by atoms with van der Waals surface area (Å²) in [5, 5.41) is 12.6. The molecule has 0 spiro atoms. The van der Waals surface area contributed by atoms with Crippen LogP contribution in [-0.2, 0) is 12.0 Å². The highest BCUT2D eigenvalue weighted by Gasteiger charge is 2.40. The lowest BCUT2D eigenvalue weighted by Gasteiger charge is -2.41. The molecule has 1 aliphatic rings. The van der Waals surface area contributed by atoms with Gasteiger partial charge < -0.3 is 14.7 Å². The number of ether oxygens (including phenoxy) is 1. The van der Waals surface area contributed by atoms with Crippen LogP contribution in [0, 0.1) is 0 Å². The van der Waals surface area contributed by atoms with Gasteiger partial charge in [-0.2, -0.15) is 0 Å². The van der Waals surface area contributed by atoms with E-state index in [0.29, 0.717) is 13.0 Å². The second-order valence-electron chi connectivity index (χ2n) is 9.28. The molecule has 0 aromatic heterocycles. The van der Waals surface area contributed by atoms with Crippen LogP contribution in [-0.4, -0.2) is 36.2 Å². The Morgan fingerprint density at radius 3 is 2.12 bits per heavy atom. The van der Waals surface area contributed by atoms with Gasteiger partial charge in [0.15, 0.2) is 0 Å². The van der Waals surface area contributed by atoms with Crippen molar-refractivity contribution in [3.8, 4) is 5.75 Å². The van der Waals surface area contributed by atoms with E-state index in [1.165, 1.54) is 24.8 Å². The van der Waals surface area contributed by atoms with Crippen LogP contribution < -0.4 is 4.74 Å². The molecule has 1 N–H and O–H groups in total. The first-order valence-electron chi connectivity index (χ1n) is 12.5. The van der Waals surface area contributed by atoms with Gasteiger partial charge in [-0.25, -0.2) is 0 Å². The first kappa shape index (κ1) is 23.5. The fourth-order valence-corrected chi connectivity index (χ4v) is 5.01. The molecule has 1 heterocycles. The van der Waals surface area contributed by atoms with Crippen molar-refractivity contribution in [3.05, 3.63) is 102 Å². The molecule has 1 fully saturated rings. The summed E-state index contributed by atoms with van der Waals surface area (Å²) in [6, 6.07) is 29.1. The normalized spacial score (nSPS) is 17.3. The van der Waals surface area contributed by atoms with Crippen molar-refractivity contribution in [2.24, 2.45) is 0 Å². The molecule has 0 aliphatic carbocycles. The van der Waals surface area contributed by atoms with Gasteiger partial charge in [0.25, 0.3) is 0 Å². The SMILES string of the molecule is CCCOc1ccc([C@@](O)(Cc2ccccc2)[C@@H](CN2CCCCC2)c2ccccc2)cc1. The number of piperidine rings is 1. The maximum atomic E-state index is 12.6. The van der Waals surface area contributed by atoms with E-state index in [1.54, 1.807) is 0 Å². The largest absolute Gasteiger partial charge is 0.494 e. The van der Waals surface area contributed by atoms with Crippen LogP contribution in [0.4, 0.5) is 0 Å². The average molecular weight is 444 g/mol. The summed E-state index contributed by atoms with van der Waals surface area (Å²) in [6.07, 6.45) is 5.33. The third-order valence-electron chi connectivity index (χ3n) is 6.81. The van der Waals surface area contributed by atoms with E-state index in [2.05, 4.69) is 78.6 Å². The number of nitrogens with zero attached hydrogens (tertiary/aromatic N) is 1. The Bertz CT molecular complexity index is 952. The van der Waals surface area contributed by atoms with Gasteiger partial charge in [0, 0.05) is 18.9 Å². The number of rotatable bonds is 10. The Kier molecular flexibility index (Phi) is 8.20. The van der Waals surface area contributed by atoms with Crippen LogP contribution >= 0.6 is 0 Å². The van der Waals surface area contributed by atoms with Gasteiger partial charge in [-0.15, -0.1) is 0 Å². The maximum Gasteiger partial charge on any atom is 0.119 e. The Morgan fingerprint density at radius 1 is 0.848 bits per heavy atom. The Morgan fingerprint density at radius 2 is 1.48 bits per heavy atom. The quantitative estimate of drug-likeness (QED) is 0.406. The van der Waals surface area contributed by atoms with Crippen LogP contribution in [0.5, 0.6) is 5.75 Å². The van der Waals surface area contributed by atoms with Gasteiger partial charge in [0.05, 0.1) is 6.61 Å². The van der Waals surface area contributed by atoms with Crippen LogP contribution in [0.25, 0.3) is 0 Å². The second kappa shape index (κ2) is 11.5. The van der Waals surface area contributed by atoms with Crippen LogP contribution in [0.1, 0.15) is 55.2 Å². The molecule has 3 nitrogen and oxygen atoms in total. The molecule has 3 aromatic rings. The van der Waals surface area contributed by atoms with Gasteiger partial charge in [-0.1, -0.05) is 86.1 Å². The zero-order valence-corrected chi connectivity index (χ0v) is 19.8.